The number of carbonyl (C=O) groups excluding carboxylic acids is 1. The summed E-state index contributed by atoms with van der Waals surface area (Å²) in [5.74, 6) is -0.998. The van der Waals surface area contributed by atoms with Crippen molar-refractivity contribution < 1.29 is 14.7 Å². The van der Waals surface area contributed by atoms with E-state index in [0.29, 0.717) is 30.9 Å². The first kappa shape index (κ1) is 17.8. The number of nitrogen functional groups attached to an aromatic ring is 1. The van der Waals surface area contributed by atoms with Crippen LogP contribution >= 0.6 is 0 Å². The summed E-state index contributed by atoms with van der Waals surface area (Å²) in [5, 5.41) is 14.4. The van der Waals surface area contributed by atoms with E-state index in [9.17, 15) is 14.7 Å². The van der Waals surface area contributed by atoms with Crippen molar-refractivity contribution in [1.82, 2.24) is 14.7 Å². The van der Waals surface area contributed by atoms with Gasteiger partial charge in [0.25, 0.3) is 0 Å². The van der Waals surface area contributed by atoms with Gasteiger partial charge in [-0.1, -0.05) is 24.3 Å². The zero-order valence-electron chi connectivity index (χ0n) is 15.4. The molecule has 3 aromatic rings. The van der Waals surface area contributed by atoms with Crippen molar-refractivity contribution in [2.75, 3.05) is 12.3 Å². The molecule has 0 spiro atoms. The molecule has 0 radical (unpaired) electrons. The number of aromatic carboxylic acids is 1. The fourth-order valence-corrected chi connectivity index (χ4v) is 3.60. The number of benzene rings is 2. The fraction of sp³-hybridized carbons (Fsp3) is 0.190. The smallest absolute Gasteiger partial charge is 0.337 e. The molecule has 3 N–H and O–H groups in total. The molecule has 7 heteroatoms. The molecule has 0 unspecified atom stereocenters. The predicted molar refractivity (Wildman–Crippen MR) is 105 cm³/mol. The highest BCUT2D eigenvalue weighted by Crippen LogP contribution is 2.33. The summed E-state index contributed by atoms with van der Waals surface area (Å²) in [5.41, 5.74) is 10.6. The number of carbonyl (C=O) groups is 2. The van der Waals surface area contributed by atoms with E-state index < -0.39 is 5.97 Å². The minimum atomic E-state index is -1.00. The van der Waals surface area contributed by atoms with Crippen molar-refractivity contribution in [2.45, 2.75) is 19.9 Å². The van der Waals surface area contributed by atoms with E-state index in [-0.39, 0.29) is 11.5 Å². The molecule has 1 aromatic heterocycles. The van der Waals surface area contributed by atoms with Gasteiger partial charge in [-0.3, -0.25) is 4.79 Å². The maximum Gasteiger partial charge on any atom is 0.337 e. The van der Waals surface area contributed by atoms with Crippen LogP contribution in [0.15, 0.2) is 48.5 Å². The van der Waals surface area contributed by atoms with Gasteiger partial charge < -0.3 is 15.7 Å². The number of carboxylic acids is 1. The summed E-state index contributed by atoms with van der Waals surface area (Å²) >= 11 is 0. The second-order valence-electron chi connectivity index (χ2n) is 6.82. The lowest BCUT2D eigenvalue weighted by atomic mass is 10.0. The van der Waals surface area contributed by atoms with Gasteiger partial charge in [0.05, 0.1) is 22.6 Å². The van der Waals surface area contributed by atoms with E-state index in [1.807, 2.05) is 12.1 Å². The Morgan fingerprint density at radius 3 is 2.50 bits per heavy atom. The average molecular weight is 376 g/mol. The molecule has 0 bridgehead atoms. The second-order valence-corrected chi connectivity index (χ2v) is 6.82. The third-order valence-electron chi connectivity index (χ3n) is 5.05. The normalized spacial score (nSPS) is 13.2. The van der Waals surface area contributed by atoms with Crippen molar-refractivity contribution >= 4 is 17.6 Å². The number of amides is 1. The van der Waals surface area contributed by atoms with Crippen LogP contribution in [-0.4, -0.2) is 38.2 Å². The third-order valence-corrected chi connectivity index (χ3v) is 5.05. The van der Waals surface area contributed by atoms with Crippen LogP contribution in [0.1, 0.15) is 28.5 Å². The van der Waals surface area contributed by atoms with E-state index in [0.717, 1.165) is 22.5 Å². The molecule has 0 saturated heterocycles. The summed E-state index contributed by atoms with van der Waals surface area (Å²) in [4.78, 5) is 25.4. The number of hydrogen-bond donors (Lipinski definition) is 2. The zero-order chi connectivity index (χ0) is 19.8. The van der Waals surface area contributed by atoms with Crippen LogP contribution in [0.4, 0.5) is 5.69 Å². The van der Waals surface area contributed by atoms with Gasteiger partial charge in [-0.05, 0) is 24.3 Å². The van der Waals surface area contributed by atoms with Gasteiger partial charge in [-0.2, -0.15) is 5.10 Å². The molecule has 7 nitrogen and oxygen atoms in total. The third kappa shape index (κ3) is 3.00. The van der Waals surface area contributed by atoms with Crippen molar-refractivity contribution in [1.29, 1.82) is 0 Å². The number of nitrogens with two attached hydrogens (primary N) is 1. The van der Waals surface area contributed by atoms with Crippen LogP contribution in [-0.2, 0) is 17.8 Å². The molecule has 4 rings (SSSR count). The molecule has 0 saturated carbocycles. The van der Waals surface area contributed by atoms with Crippen LogP contribution in [0.5, 0.6) is 0 Å². The molecule has 28 heavy (non-hydrogen) atoms. The Balaban J connectivity index is 1.92. The van der Waals surface area contributed by atoms with Crippen LogP contribution in [0.2, 0.25) is 0 Å². The quantitative estimate of drug-likeness (QED) is 0.685. The van der Waals surface area contributed by atoms with Crippen LogP contribution in [0.25, 0.3) is 16.9 Å². The molecular formula is C21H20N4O3. The first-order valence-corrected chi connectivity index (χ1v) is 9.00. The number of hydrogen-bond acceptors (Lipinski definition) is 4. The molecule has 2 aromatic carbocycles. The Morgan fingerprint density at radius 1 is 1.11 bits per heavy atom. The lowest BCUT2D eigenvalue weighted by molar-refractivity contribution is -0.129. The zero-order valence-corrected chi connectivity index (χ0v) is 15.4. The monoisotopic (exact) mass is 376 g/mol. The minimum Gasteiger partial charge on any atom is -0.478 e. The summed E-state index contributed by atoms with van der Waals surface area (Å²) in [6, 6.07) is 14.2. The molecule has 1 amide bonds. The van der Waals surface area contributed by atoms with Crippen LogP contribution < -0.4 is 5.73 Å². The highest BCUT2D eigenvalue weighted by molar-refractivity contribution is 5.92. The van der Waals surface area contributed by atoms with Crippen molar-refractivity contribution in [2.24, 2.45) is 0 Å². The molecule has 0 aliphatic carbocycles. The van der Waals surface area contributed by atoms with Crippen molar-refractivity contribution in [3.05, 3.63) is 65.4 Å². The summed E-state index contributed by atoms with van der Waals surface area (Å²) in [6.07, 6.45) is 0.602. The summed E-state index contributed by atoms with van der Waals surface area (Å²) in [7, 11) is 0. The first-order chi connectivity index (χ1) is 13.5. The summed E-state index contributed by atoms with van der Waals surface area (Å²) in [6.45, 7) is 2.57. The Labute approximate surface area is 162 Å². The SMILES string of the molecule is CC(=O)N1CCc2c(c(-c3ccc(N)cc3)nn2-c2ccccc2C(=O)O)C1. The van der Waals surface area contributed by atoms with Gasteiger partial charge >= 0.3 is 5.97 Å². The Hall–Kier alpha value is -3.61. The molecule has 2 heterocycles. The highest BCUT2D eigenvalue weighted by atomic mass is 16.4. The molecule has 0 atom stereocenters. The molecule has 0 fully saturated rings. The number of fused-ring (bicyclic) bond motifs is 1. The van der Waals surface area contributed by atoms with E-state index in [4.69, 9.17) is 10.8 Å². The second kappa shape index (κ2) is 6.84. The Bertz CT molecular complexity index is 1070. The molecule has 1 aliphatic rings. The van der Waals surface area contributed by atoms with E-state index >= 15 is 0 Å². The number of carboxylic acid groups (broad SMARTS) is 1. The first-order valence-electron chi connectivity index (χ1n) is 9.00. The van der Waals surface area contributed by atoms with Gasteiger partial charge in [0, 0.05) is 43.2 Å². The van der Waals surface area contributed by atoms with Crippen LogP contribution in [0.3, 0.4) is 0 Å². The Morgan fingerprint density at radius 2 is 1.82 bits per heavy atom. The number of para-hydroxylation sites is 1. The number of aromatic nitrogens is 2. The van der Waals surface area contributed by atoms with E-state index in [1.165, 1.54) is 0 Å². The maximum atomic E-state index is 11.9. The average Bonchev–Trinajstić information content (AvgIpc) is 3.07. The van der Waals surface area contributed by atoms with Gasteiger partial charge in [0.15, 0.2) is 0 Å². The highest BCUT2D eigenvalue weighted by Gasteiger charge is 2.28. The number of nitrogens with zero attached hydrogens (tertiary/aromatic N) is 3. The standard InChI is InChI=1S/C21H20N4O3/c1-13(26)24-11-10-19-17(12-24)20(14-6-8-15(22)9-7-14)23-25(19)18-5-3-2-4-16(18)21(27)28/h2-9H,10-12,22H2,1H3,(H,27,28). The number of anilines is 1. The molecule has 1 aliphatic heterocycles. The van der Waals surface area contributed by atoms with Crippen LogP contribution in [0, 0.1) is 0 Å². The maximum absolute atomic E-state index is 11.9. The lowest BCUT2D eigenvalue weighted by Gasteiger charge is -2.27. The number of rotatable bonds is 3. The fourth-order valence-electron chi connectivity index (χ4n) is 3.60. The van der Waals surface area contributed by atoms with Gasteiger partial charge in [-0.25, -0.2) is 9.48 Å². The molecular weight excluding hydrogens is 356 g/mol. The summed E-state index contributed by atoms with van der Waals surface area (Å²) < 4.78 is 1.71. The predicted octanol–water partition coefficient (Wildman–Crippen LogP) is 2.72. The van der Waals surface area contributed by atoms with Crippen molar-refractivity contribution in [3.8, 4) is 16.9 Å². The lowest BCUT2D eigenvalue weighted by Crippen LogP contribution is -2.34. The van der Waals surface area contributed by atoms with Gasteiger partial charge in [-0.15, -0.1) is 0 Å². The van der Waals surface area contributed by atoms with Crippen molar-refractivity contribution in [3.63, 3.8) is 0 Å². The van der Waals surface area contributed by atoms with E-state index in [1.54, 1.807) is 52.9 Å². The topological polar surface area (TPSA) is 101 Å². The van der Waals surface area contributed by atoms with Gasteiger partial charge in [0.2, 0.25) is 5.91 Å². The minimum absolute atomic E-state index is 0.00703. The Kier molecular flexibility index (Phi) is 4.35. The van der Waals surface area contributed by atoms with E-state index in [2.05, 4.69) is 0 Å². The van der Waals surface area contributed by atoms with Gasteiger partial charge in [0.1, 0.15) is 0 Å². The largest absolute Gasteiger partial charge is 0.478 e. The molecule has 142 valence electrons.